The van der Waals surface area contributed by atoms with E-state index < -0.39 is 0 Å². The van der Waals surface area contributed by atoms with E-state index in [-0.39, 0.29) is 0 Å². The zero-order chi connectivity index (χ0) is 15.4. The third kappa shape index (κ3) is 3.85. The molecule has 0 aliphatic rings. The van der Waals surface area contributed by atoms with E-state index in [1.54, 1.807) is 6.20 Å². The van der Waals surface area contributed by atoms with Crippen LogP contribution in [0.15, 0.2) is 18.3 Å². The number of anilines is 1. The van der Waals surface area contributed by atoms with Crippen molar-refractivity contribution in [2.24, 2.45) is 0 Å². The molecule has 5 heteroatoms. The van der Waals surface area contributed by atoms with Crippen molar-refractivity contribution in [3.8, 4) is 11.6 Å². The number of benzene rings is 1. The van der Waals surface area contributed by atoms with Crippen molar-refractivity contribution in [3.63, 3.8) is 0 Å². The zero-order valence-electron chi connectivity index (χ0n) is 12.8. The summed E-state index contributed by atoms with van der Waals surface area (Å²) in [6, 6.07) is 3.83. The van der Waals surface area contributed by atoms with E-state index in [2.05, 4.69) is 22.2 Å². The number of nitrogens with zero attached hydrogens (tertiary/aromatic N) is 2. The summed E-state index contributed by atoms with van der Waals surface area (Å²) < 4.78 is 5.90. The summed E-state index contributed by atoms with van der Waals surface area (Å²) in [5.74, 6) is 1.88. The van der Waals surface area contributed by atoms with Crippen molar-refractivity contribution in [2.75, 3.05) is 11.9 Å². The maximum atomic E-state index is 6.18. The van der Waals surface area contributed by atoms with Gasteiger partial charge in [-0.05, 0) is 50.5 Å². The second kappa shape index (κ2) is 6.76. The third-order valence-corrected chi connectivity index (χ3v) is 3.68. The van der Waals surface area contributed by atoms with Crippen LogP contribution < -0.4 is 10.1 Å². The maximum Gasteiger partial charge on any atom is 0.226 e. The number of halogens is 1. The highest BCUT2D eigenvalue weighted by Gasteiger charge is 2.09. The molecule has 0 radical (unpaired) electrons. The molecule has 0 saturated heterocycles. The Morgan fingerprint density at radius 1 is 1.14 bits per heavy atom. The smallest absolute Gasteiger partial charge is 0.226 e. The first-order valence-corrected chi connectivity index (χ1v) is 7.41. The zero-order valence-corrected chi connectivity index (χ0v) is 13.6. The Morgan fingerprint density at radius 3 is 2.43 bits per heavy atom. The Morgan fingerprint density at radius 2 is 1.81 bits per heavy atom. The lowest BCUT2D eigenvalue weighted by atomic mass is 10.1. The van der Waals surface area contributed by atoms with Crippen LogP contribution in [-0.4, -0.2) is 16.5 Å². The van der Waals surface area contributed by atoms with Crippen molar-refractivity contribution in [3.05, 3.63) is 40.0 Å². The highest BCUT2D eigenvalue weighted by atomic mass is 35.5. The van der Waals surface area contributed by atoms with Gasteiger partial charge in [0.05, 0.1) is 0 Å². The summed E-state index contributed by atoms with van der Waals surface area (Å²) >= 11 is 6.18. The Hall–Kier alpha value is -1.81. The van der Waals surface area contributed by atoms with Crippen LogP contribution in [0.1, 0.15) is 30.0 Å². The predicted molar refractivity (Wildman–Crippen MR) is 86.5 cm³/mol. The van der Waals surface area contributed by atoms with Crippen LogP contribution in [0, 0.1) is 20.8 Å². The van der Waals surface area contributed by atoms with E-state index >= 15 is 0 Å². The minimum Gasteiger partial charge on any atom is -0.439 e. The quantitative estimate of drug-likeness (QED) is 0.872. The van der Waals surface area contributed by atoms with E-state index in [1.165, 1.54) is 0 Å². The molecule has 0 aliphatic carbocycles. The van der Waals surface area contributed by atoms with E-state index in [0.717, 1.165) is 40.4 Å². The fraction of sp³-hybridized carbons (Fsp3) is 0.375. The summed E-state index contributed by atoms with van der Waals surface area (Å²) in [5.41, 5.74) is 2.87. The fourth-order valence-electron chi connectivity index (χ4n) is 1.93. The number of hydrogen-bond donors (Lipinski definition) is 1. The topological polar surface area (TPSA) is 47.0 Å². The molecule has 1 aromatic carbocycles. The predicted octanol–water partition coefficient (Wildman–Crippen LogP) is 4.67. The molecular formula is C16H20ClN3O. The highest BCUT2D eigenvalue weighted by molar-refractivity contribution is 6.32. The molecule has 4 nitrogen and oxygen atoms in total. The van der Waals surface area contributed by atoms with Gasteiger partial charge in [-0.1, -0.05) is 18.5 Å². The molecule has 0 amide bonds. The van der Waals surface area contributed by atoms with Gasteiger partial charge in [0.2, 0.25) is 11.8 Å². The number of nitrogens with one attached hydrogen (secondary N) is 1. The summed E-state index contributed by atoms with van der Waals surface area (Å²) in [5, 5.41) is 3.93. The maximum absolute atomic E-state index is 6.18. The molecule has 2 rings (SSSR count). The van der Waals surface area contributed by atoms with Crippen molar-refractivity contribution >= 4 is 17.5 Å². The van der Waals surface area contributed by atoms with E-state index in [1.807, 2.05) is 32.9 Å². The Bertz CT molecular complexity index is 620. The molecule has 21 heavy (non-hydrogen) atoms. The highest BCUT2D eigenvalue weighted by Crippen LogP contribution is 2.29. The van der Waals surface area contributed by atoms with Crippen LogP contribution in [0.5, 0.6) is 11.6 Å². The van der Waals surface area contributed by atoms with Gasteiger partial charge in [-0.3, -0.25) is 0 Å². The monoisotopic (exact) mass is 305 g/mol. The van der Waals surface area contributed by atoms with Crippen LogP contribution in [0.25, 0.3) is 0 Å². The summed E-state index contributed by atoms with van der Waals surface area (Å²) in [4.78, 5) is 8.65. The van der Waals surface area contributed by atoms with Crippen LogP contribution >= 0.6 is 11.6 Å². The largest absolute Gasteiger partial charge is 0.439 e. The lowest BCUT2D eigenvalue weighted by Gasteiger charge is -2.12. The molecule has 0 bridgehead atoms. The molecule has 1 N–H and O–H groups in total. The van der Waals surface area contributed by atoms with E-state index in [0.29, 0.717) is 11.8 Å². The molecule has 0 unspecified atom stereocenters. The van der Waals surface area contributed by atoms with E-state index in [9.17, 15) is 0 Å². The van der Waals surface area contributed by atoms with Crippen molar-refractivity contribution in [2.45, 2.75) is 34.1 Å². The van der Waals surface area contributed by atoms with Crippen LogP contribution in [0.4, 0.5) is 5.95 Å². The van der Waals surface area contributed by atoms with Gasteiger partial charge in [0, 0.05) is 23.3 Å². The average Bonchev–Trinajstić information content (AvgIpc) is 2.45. The minimum atomic E-state index is 0.560. The third-order valence-electron chi connectivity index (χ3n) is 3.08. The van der Waals surface area contributed by atoms with E-state index in [4.69, 9.17) is 16.3 Å². The Labute approximate surface area is 130 Å². The summed E-state index contributed by atoms with van der Waals surface area (Å²) in [6.45, 7) is 8.78. The van der Waals surface area contributed by atoms with Crippen LogP contribution in [0.3, 0.4) is 0 Å². The molecule has 0 fully saturated rings. The molecule has 112 valence electrons. The lowest BCUT2D eigenvalue weighted by molar-refractivity contribution is 0.457. The second-order valence-corrected chi connectivity index (χ2v) is 5.46. The number of hydrogen-bond acceptors (Lipinski definition) is 4. The molecule has 0 aliphatic heterocycles. The lowest BCUT2D eigenvalue weighted by Crippen LogP contribution is -2.05. The number of rotatable bonds is 5. The molecular weight excluding hydrogens is 286 g/mol. The Balaban J connectivity index is 2.26. The first kappa shape index (κ1) is 15.6. The number of aryl methyl sites for hydroxylation is 3. The standard InChI is InChI=1S/C16H20ClN3O/c1-5-6-18-16-19-9-12(4)15(20-16)21-13-7-10(2)14(17)11(3)8-13/h7-9H,5-6H2,1-4H3,(H,18,19,20). The van der Waals surface area contributed by atoms with Gasteiger partial charge in [0.1, 0.15) is 5.75 Å². The molecule has 2 aromatic rings. The van der Waals surface area contributed by atoms with Gasteiger partial charge in [-0.2, -0.15) is 4.98 Å². The first-order valence-electron chi connectivity index (χ1n) is 7.03. The molecule has 1 heterocycles. The molecule has 1 aromatic heterocycles. The van der Waals surface area contributed by atoms with Gasteiger partial charge in [-0.15, -0.1) is 0 Å². The molecule has 0 spiro atoms. The van der Waals surface area contributed by atoms with Gasteiger partial charge in [0.15, 0.2) is 0 Å². The van der Waals surface area contributed by atoms with Gasteiger partial charge in [0.25, 0.3) is 0 Å². The van der Waals surface area contributed by atoms with Crippen LogP contribution in [0.2, 0.25) is 5.02 Å². The van der Waals surface area contributed by atoms with Crippen molar-refractivity contribution < 1.29 is 4.74 Å². The van der Waals surface area contributed by atoms with Gasteiger partial charge >= 0.3 is 0 Å². The van der Waals surface area contributed by atoms with Crippen molar-refractivity contribution in [1.29, 1.82) is 0 Å². The minimum absolute atomic E-state index is 0.560. The summed E-state index contributed by atoms with van der Waals surface area (Å²) in [6.07, 6.45) is 2.78. The van der Waals surface area contributed by atoms with Crippen LogP contribution in [-0.2, 0) is 0 Å². The van der Waals surface area contributed by atoms with Gasteiger partial charge in [-0.25, -0.2) is 4.98 Å². The SMILES string of the molecule is CCCNc1ncc(C)c(Oc2cc(C)c(Cl)c(C)c2)n1. The second-order valence-electron chi connectivity index (χ2n) is 5.08. The fourth-order valence-corrected chi connectivity index (χ4v) is 2.04. The molecule has 0 saturated carbocycles. The number of ether oxygens (including phenoxy) is 1. The van der Waals surface area contributed by atoms with Crippen molar-refractivity contribution in [1.82, 2.24) is 9.97 Å². The first-order chi connectivity index (χ1) is 10.0. The molecule has 0 atom stereocenters. The average molecular weight is 306 g/mol. The summed E-state index contributed by atoms with van der Waals surface area (Å²) in [7, 11) is 0. The Kier molecular flexibility index (Phi) is 5.02. The normalized spacial score (nSPS) is 10.5. The van der Waals surface area contributed by atoms with Gasteiger partial charge < -0.3 is 10.1 Å². The number of aromatic nitrogens is 2.